The lowest BCUT2D eigenvalue weighted by atomic mass is 10.1. The number of hydrogen-bond acceptors (Lipinski definition) is 6. The van der Waals surface area contributed by atoms with Crippen molar-refractivity contribution in [2.24, 2.45) is 0 Å². The molecule has 0 aliphatic heterocycles. The van der Waals surface area contributed by atoms with Crippen LogP contribution in [0.2, 0.25) is 5.02 Å². The molecule has 0 unspecified atom stereocenters. The summed E-state index contributed by atoms with van der Waals surface area (Å²) in [5.74, 6) is 1.54. The topological polar surface area (TPSA) is 68.3 Å². The Kier molecular flexibility index (Phi) is 12.0. The van der Waals surface area contributed by atoms with Crippen molar-refractivity contribution in [3.63, 3.8) is 0 Å². The van der Waals surface area contributed by atoms with Crippen LogP contribution in [0, 0.1) is 6.92 Å². The lowest BCUT2D eigenvalue weighted by Gasteiger charge is -2.28. The number of ether oxygens (including phenoxy) is 3. The lowest BCUT2D eigenvalue weighted by molar-refractivity contribution is -0.142. The fraction of sp³-hybridized carbons (Fsp3) is 0.400. The van der Waals surface area contributed by atoms with Gasteiger partial charge in [0.1, 0.15) is 5.75 Å². The third kappa shape index (κ3) is 9.48. The maximum atomic E-state index is 13.6. The minimum atomic E-state index is -0.224. The van der Waals surface area contributed by atoms with Gasteiger partial charge in [-0.1, -0.05) is 31.0 Å². The van der Waals surface area contributed by atoms with Crippen molar-refractivity contribution in [1.82, 2.24) is 9.80 Å². The highest BCUT2D eigenvalue weighted by atomic mass is 35.5. The van der Waals surface area contributed by atoms with Crippen LogP contribution in [-0.2, 0) is 22.6 Å². The summed E-state index contributed by atoms with van der Waals surface area (Å²) in [5, 5.41) is 0.595. The van der Waals surface area contributed by atoms with Crippen LogP contribution < -0.4 is 14.2 Å². The van der Waals surface area contributed by atoms with Gasteiger partial charge in [-0.2, -0.15) is 0 Å². The largest absolute Gasteiger partial charge is 0.493 e. The van der Waals surface area contributed by atoms with E-state index in [1.54, 1.807) is 54.7 Å². The number of nitrogens with zero attached hydrogens (tertiary/aromatic N) is 2. The Labute approximate surface area is 240 Å². The predicted molar refractivity (Wildman–Crippen MR) is 156 cm³/mol. The summed E-state index contributed by atoms with van der Waals surface area (Å²) < 4.78 is 16.5. The lowest BCUT2D eigenvalue weighted by Crippen LogP contribution is -2.45. The molecule has 0 saturated heterocycles. The van der Waals surface area contributed by atoms with Gasteiger partial charge in [0.15, 0.2) is 18.1 Å². The molecule has 0 aliphatic rings. The molecule has 0 N–H and O–H groups in total. The molecule has 1 heterocycles. The molecular weight excluding hydrogens is 536 g/mol. The molecular formula is C30H37ClN2O5S. The van der Waals surface area contributed by atoms with Crippen LogP contribution in [-0.4, -0.2) is 62.1 Å². The number of halogens is 1. The molecule has 1 aromatic heterocycles. The van der Waals surface area contributed by atoms with E-state index in [1.165, 1.54) is 4.88 Å². The second-order valence-corrected chi connectivity index (χ2v) is 11.0. The van der Waals surface area contributed by atoms with E-state index in [1.807, 2.05) is 23.1 Å². The number of benzene rings is 2. The third-order valence-electron chi connectivity index (χ3n) is 6.25. The van der Waals surface area contributed by atoms with Gasteiger partial charge in [0.05, 0.1) is 27.3 Å². The minimum absolute atomic E-state index is 0.000891. The van der Waals surface area contributed by atoms with Crippen LogP contribution in [0.25, 0.3) is 0 Å². The van der Waals surface area contributed by atoms with Crippen molar-refractivity contribution in [3.05, 3.63) is 74.9 Å². The standard InChI is InChI=1S/C30H37ClN2O5S/c1-5-6-16-32(30(35)21-38-25-11-9-24(31)10-12-25)20-29(34)33(19-26-13-7-22(2)39-26)17-15-23-8-14-27(36-3)28(18-23)37-4/h7-14,18H,5-6,15-17,19-21H2,1-4H3. The van der Waals surface area contributed by atoms with E-state index in [0.717, 1.165) is 23.3 Å². The average Bonchev–Trinajstić information content (AvgIpc) is 3.36. The number of rotatable bonds is 15. The zero-order valence-electron chi connectivity index (χ0n) is 23.1. The summed E-state index contributed by atoms with van der Waals surface area (Å²) in [6.07, 6.45) is 2.35. The Morgan fingerprint density at radius 1 is 0.897 bits per heavy atom. The fourth-order valence-corrected chi connectivity index (χ4v) is 5.05. The molecule has 0 aliphatic carbocycles. The van der Waals surface area contributed by atoms with Crippen molar-refractivity contribution in [3.8, 4) is 17.2 Å². The number of hydrogen-bond donors (Lipinski definition) is 0. The second kappa shape index (κ2) is 15.4. The highest BCUT2D eigenvalue weighted by molar-refractivity contribution is 7.11. The first-order chi connectivity index (χ1) is 18.8. The first-order valence-electron chi connectivity index (χ1n) is 13.0. The van der Waals surface area contributed by atoms with E-state index in [-0.39, 0.29) is 25.0 Å². The van der Waals surface area contributed by atoms with Gasteiger partial charge in [-0.3, -0.25) is 9.59 Å². The second-order valence-electron chi connectivity index (χ2n) is 9.18. The van der Waals surface area contributed by atoms with Crippen LogP contribution in [0.1, 0.15) is 35.1 Å². The highest BCUT2D eigenvalue weighted by Gasteiger charge is 2.22. The normalized spacial score (nSPS) is 10.7. The summed E-state index contributed by atoms with van der Waals surface area (Å²) in [6.45, 7) is 5.45. The van der Waals surface area contributed by atoms with Crippen molar-refractivity contribution in [2.75, 3.05) is 40.5 Å². The Morgan fingerprint density at radius 3 is 2.28 bits per heavy atom. The summed E-state index contributed by atoms with van der Waals surface area (Å²) in [5.41, 5.74) is 1.03. The molecule has 0 radical (unpaired) electrons. The van der Waals surface area contributed by atoms with Crippen LogP contribution >= 0.6 is 22.9 Å². The van der Waals surface area contributed by atoms with Crippen molar-refractivity contribution < 1.29 is 23.8 Å². The van der Waals surface area contributed by atoms with Gasteiger partial charge in [0.25, 0.3) is 5.91 Å². The summed E-state index contributed by atoms with van der Waals surface area (Å²) >= 11 is 7.61. The summed E-state index contributed by atoms with van der Waals surface area (Å²) in [4.78, 5) is 32.4. The highest BCUT2D eigenvalue weighted by Crippen LogP contribution is 2.28. The molecule has 7 nitrogen and oxygen atoms in total. The quantitative estimate of drug-likeness (QED) is 0.223. The van der Waals surface area contributed by atoms with Crippen LogP contribution in [0.3, 0.4) is 0 Å². The molecule has 0 fully saturated rings. The molecule has 3 aromatic rings. The number of unbranched alkanes of at least 4 members (excludes halogenated alkanes) is 1. The average molecular weight is 573 g/mol. The van der Waals surface area contributed by atoms with E-state index < -0.39 is 0 Å². The monoisotopic (exact) mass is 572 g/mol. The number of amides is 2. The first kappa shape index (κ1) is 30.3. The van der Waals surface area contributed by atoms with Crippen LogP contribution in [0.4, 0.5) is 0 Å². The number of aryl methyl sites for hydroxylation is 1. The minimum Gasteiger partial charge on any atom is -0.493 e. The number of thiophene rings is 1. The molecule has 9 heteroatoms. The van der Waals surface area contributed by atoms with Crippen molar-refractivity contribution in [1.29, 1.82) is 0 Å². The number of carbonyl (C=O) groups excluding carboxylic acids is 2. The van der Waals surface area contributed by atoms with Gasteiger partial charge in [-0.05, 0) is 73.9 Å². The number of carbonyl (C=O) groups is 2. The Morgan fingerprint density at radius 2 is 1.64 bits per heavy atom. The first-order valence-corrected chi connectivity index (χ1v) is 14.2. The van der Waals surface area contributed by atoms with Gasteiger partial charge in [-0.15, -0.1) is 11.3 Å². The molecule has 0 saturated carbocycles. The van der Waals surface area contributed by atoms with Crippen LogP contribution in [0.5, 0.6) is 17.2 Å². The zero-order chi connectivity index (χ0) is 28.2. The maximum Gasteiger partial charge on any atom is 0.260 e. The van der Waals surface area contributed by atoms with Crippen molar-refractivity contribution >= 4 is 34.8 Å². The molecule has 0 bridgehead atoms. The predicted octanol–water partition coefficient (Wildman–Crippen LogP) is 6.01. The van der Waals surface area contributed by atoms with Gasteiger partial charge < -0.3 is 24.0 Å². The molecule has 0 spiro atoms. The SMILES string of the molecule is CCCCN(CC(=O)N(CCc1ccc(OC)c(OC)c1)Cc1ccc(C)s1)C(=O)COc1ccc(Cl)cc1. The molecule has 2 aromatic carbocycles. The smallest absolute Gasteiger partial charge is 0.260 e. The zero-order valence-corrected chi connectivity index (χ0v) is 24.6. The maximum absolute atomic E-state index is 13.6. The van der Waals surface area contributed by atoms with Crippen LogP contribution in [0.15, 0.2) is 54.6 Å². The van der Waals surface area contributed by atoms with Gasteiger partial charge >= 0.3 is 0 Å². The van der Waals surface area contributed by atoms with E-state index in [2.05, 4.69) is 26.0 Å². The third-order valence-corrected chi connectivity index (χ3v) is 7.49. The summed E-state index contributed by atoms with van der Waals surface area (Å²) in [7, 11) is 3.21. The Balaban J connectivity index is 1.71. The summed E-state index contributed by atoms with van der Waals surface area (Å²) in [6, 6.07) is 16.7. The molecule has 210 valence electrons. The Bertz CT molecular complexity index is 1210. The Hall–Kier alpha value is -3.23. The van der Waals surface area contributed by atoms with E-state index in [9.17, 15) is 9.59 Å². The fourth-order valence-electron chi connectivity index (χ4n) is 4.02. The molecule has 0 atom stereocenters. The van der Waals surface area contributed by atoms with Gasteiger partial charge in [-0.25, -0.2) is 0 Å². The molecule has 39 heavy (non-hydrogen) atoms. The van der Waals surface area contributed by atoms with Crippen molar-refractivity contribution in [2.45, 2.75) is 39.7 Å². The molecule has 2 amide bonds. The van der Waals surface area contributed by atoms with E-state index in [4.69, 9.17) is 25.8 Å². The van der Waals surface area contributed by atoms with E-state index in [0.29, 0.717) is 48.3 Å². The number of methoxy groups -OCH3 is 2. The molecule has 3 rings (SSSR count). The van der Waals surface area contributed by atoms with Gasteiger partial charge in [0, 0.05) is 27.9 Å². The van der Waals surface area contributed by atoms with E-state index >= 15 is 0 Å². The van der Waals surface area contributed by atoms with Gasteiger partial charge in [0.2, 0.25) is 5.91 Å².